The van der Waals surface area contributed by atoms with Crippen LogP contribution in [-0.4, -0.2) is 95.2 Å². The molecule has 0 aromatic rings. The predicted molar refractivity (Wildman–Crippen MR) is 148 cm³/mol. The summed E-state index contributed by atoms with van der Waals surface area (Å²) in [5.41, 5.74) is 0.0380. The first-order valence-corrected chi connectivity index (χ1v) is 14.6. The quantitative estimate of drug-likeness (QED) is 0.0698. The van der Waals surface area contributed by atoms with Crippen LogP contribution in [0, 0.1) is 11.8 Å². The van der Waals surface area contributed by atoms with Crippen LogP contribution in [0.2, 0.25) is 0 Å². The lowest BCUT2D eigenvalue weighted by Crippen LogP contribution is -2.36. The molecule has 10 nitrogen and oxygen atoms in total. The first kappa shape index (κ1) is 34.6. The Morgan fingerprint density at radius 3 is 2.33 bits per heavy atom. The van der Waals surface area contributed by atoms with E-state index in [2.05, 4.69) is 47.0 Å². The van der Waals surface area contributed by atoms with Crippen LogP contribution < -0.4 is 21.3 Å². The van der Waals surface area contributed by atoms with Crippen molar-refractivity contribution in [1.29, 1.82) is 0 Å². The first-order valence-electron chi connectivity index (χ1n) is 12.4. The minimum Gasteiger partial charge on any atom is -0.450 e. The molecule has 3 amide bonds. The van der Waals surface area contributed by atoms with Crippen molar-refractivity contribution in [2.45, 2.75) is 57.1 Å². The van der Waals surface area contributed by atoms with Crippen LogP contribution in [-0.2, 0) is 18.9 Å². The van der Waals surface area contributed by atoms with Gasteiger partial charge < -0.3 is 40.2 Å². The molecule has 1 unspecified atom stereocenters. The number of alkyl carbamates (subject to hydrolysis) is 1. The summed E-state index contributed by atoms with van der Waals surface area (Å²) in [5, 5.41) is 11.1. The minimum atomic E-state index is -0.435. The maximum Gasteiger partial charge on any atom is 0.407 e. The lowest BCUT2D eigenvalue weighted by Gasteiger charge is -2.24. The normalized spacial score (nSPS) is 11.8. The molecule has 0 bridgehead atoms. The zero-order valence-electron chi connectivity index (χ0n) is 22.5. The summed E-state index contributed by atoms with van der Waals surface area (Å²) in [4.78, 5) is 23.3. The molecule has 36 heavy (non-hydrogen) atoms. The SMILES string of the molecule is CC#CCNC(=O)NCCCCOC(C)SSC(C)(C)CCOC(=O)NCCOCCOCCNC. The van der Waals surface area contributed by atoms with Crippen molar-refractivity contribution in [2.75, 3.05) is 72.9 Å². The van der Waals surface area contributed by atoms with E-state index >= 15 is 0 Å². The van der Waals surface area contributed by atoms with E-state index in [0.29, 0.717) is 59.3 Å². The van der Waals surface area contributed by atoms with Gasteiger partial charge in [0.1, 0.15) is 5.44 Å². The third-order valence-corrected chi connectivity index (χ3v) is 8.07. The van der Waals surface area contributed by atoms with Gasteiger partial charge in [0.15, 0.2) is 0 Å². The van der Waals surface area contributed by atoms with Crippen molar-refractivity contribution in [3.8, 4) is 11.8 Å². The van der Waals surface area contributed by atoms with Crippen molar-refractivity contribution in [3.63, 3.8) is 0 Å². The highest BCUT2D eigenvalue weighted by Crippen LogP contribution is 2.40. The molecule has 210 valence electrons. The fourth-order valence-electron chi connectivity index (χ4n) is 2.38. The summed E-state index contributed by atoms with van der Waals surface area (Å²) in [6, 6.07) is -0.200. The zero-order chi connectivity index (χ0) is 26.9. The summed E-state index contributed by atoms with van der Waals surface area (Å²) in [7, 11) is 5.26. The molecule has 0 saturated heterocycles. The molecule has 0 heterocycles. The highest BCUT2D eigenvalue weighted by molar-refractivity contribution is 8.77. The number of hydrogen-bond acceptors (Lipinski definition) is 9. The monoisotopic (exact) mass is 550 g/mol. The van der Waals surface area contributed by atoms with Crippen LogP contribution in [0.3, 0.4) is 0 Å². The number of amides is 3. The van der Waals surface area contributed by atoms with Gasteiger partial charge >= 0.3 is 12.1 Å². The van der Waals surface area contributed by atoms with Gasteiger partial charge in [0.05, 0.1) is 39.6 Å². The minimum absolute atomic E-state index is 0.0380. The number of carbonyl (C=O) groups excluding carboxylic acids is 2. The van der Waals surface area contributed by atoms with Crippen molar-refractivity contribution in [2.24, 2.45) is 0 Å². The molecule has 0 radical (unpaired) electrons. The van der Waals surface area contributed by atoms with Crippen molar-refractivity contribution in [3.05, 3.63) is 0 Å². The zero-order valence-corrected chi connectivity index (χ0v) is 24.2. The summed E-state index contributed by atoms with van der Waals surface area (Å²) in [6.07, 6.45) is 2.00. The summed E-state index contributed by atoms with van der Waals surface area (Å²) < 4.78 is 21.8. The van der Waals surface area contributed by atoms with E-state index in [1.807, 2.05) is 14.0 Å². The molecule has 0 aliphatic carbocycles. The molecule has 0 aromatic carbocycles. The van der Waals surface area contributed by atoms with Crippen molar-refractivity contribution >= 4 is 33.7 Å². The maximum absolute atomic E-state index is 11.8. The van der Waals surface area contributed by atoms with Gasteiger partial charge in [0.2, 0.25) is 0 Å². The van der Waals surface area contributed by atoms with E-state index in [9.17, 15) is 9.59 Å². The van der Waals surface area contributed by atoms with E-state index in [1.165, 1.54) is 0 Å². The van der Waals surface area contributed by atoms with E-state index < -0.39 is 6.09 Å². The molecule has 4 N–H and O–H groups in total. The fraction of sp³-hybridized carbons (Fsp3) is 0.833. The fourth-order valence-corrected chi connectivity index (χ4v) is 4.70. The molecule has 1 atom stereocenters. The molecule has 0 aliphatic heterocycles. The second-order valence-corrected chi connectivity index (χ2v) is 11.5. The van der Waals surface area contributed by atoms with E-state index in [4.69, 9.17) is 18.9 Å². The Bertz CT molecular complexity index is 631. The third-order valence-electron chi connectivity index (χ3n) is 4.45. The van der Waals surface area contributed by atoms with Gasteiger partial charge in [0, 0.05) is 31.0 Å². The van der Waals surface area contributed by atoms with Gasteiger partial charge in [0.25, 0.3) is 0 Å². The molecular weight excluding hydrogens is 504 g/mol. The second kappa shape index (κ2) is 24.0. The number of ether oxygens (including phenoxy) is 4. The Kier molecular flexibility index (Phi) is 23.1. The number of unbranched alkanes of at least 4 members (excludes halogenated alkanes) is 1. The first-order chi connectivity index (χ1) is 17.3. The number of nitrogens with one attached hydrogen (secondary N) is 4. The molecular formula is C24H46N4O6S2. The molecule has 0 aliphatic rings. The Morgan fingerprint density at radius 2 is 1.64 bits per heavy atom. The topological polar surface area (TPSA) is 119 Å². The van der Waals surface area contributed by atoms with E-state index in [1.54, 1.807) is 28.5 Å². The highest BCUT2D eigenvalue weighted by Gasteiger charge is 2.21. The Hall–Kier alpha value is -1.36. The van der Waals surface area contributed by atoms with Gasteiger partial charge in [-0.25, -0.2) is 9.59 Å². The van der Waals surface area contributed by atoms with Crippen LogP contribution in [0.4, 0.5) is 9.59 Å². The molecule has 0 spiro atoms. The van der Waals surface area contributed by atoms with Crippen LogP contribution in [0.5, 0.6) is 0 Å². The average molecular weight is 551 g/mol. The largest absolute Gasteiger partial charge is 0.450 e. The number of rotatable bonds is 22. The number of carbonyl (C=O) groups is 2. The van der Waals surface area contributed by atoms with Gasteiger partial charge in [-0.3, -0.25) is 0 Å². The number of hydrogen-bond donors (Lipinski definition) is 4. The maximum atomic E-state index is 11.8. The van der Waals surface area contributed by atoms with Gasteiger partial charge in [-0.1, -0.05) is 27.5 Å². The standard InChI is InChI=1S/C24H46N4O6S2/c1-6-7-11-26-22(29)27-12-8-9-15-33-21(2)35-36-24(3,4)10-16-34-23(30)28-14-18-32-20-19-31-17-13-25-5/h21,25H,8-20H2,1-5H3,(H,28,30)(H2,26,27,29). The van der Waals surface area contributed by atoms with Crippen LogP contribution in [0.15, 0.2) is 0 Å². The molecule has 0 aromatic heterocycles. The number of urea groups is 1. The van der Waals surface area contributed by atoms with Crippen LogP contribution in [0.1, 0.15) is 47.0 Å². The average Bonchev–Trinajstić information content (AvgIpc) is 2.84. The van der Waals surface area contributed by atoms with Gasteiger partial charge in [-0.05, 0) is 54.0 Å². The lowest BCUT2D eigenvalue weighted by atomic mass is 10.1. The predicted octanol–water partition coefficient (Wildman–Crippen LogP) is 2.98. The van der Waals surface area contributed by atoms with Crippen molar-refractivity contribution < 1.29 is 28.5 Å². The molecule has 0 fully saturated rings. The summed E-state index contributed by atoms with van der Waals surface area (Å²) in [6.45, 7) is 13.2. The molecule has 0 saturated carbocycles. The van der Waals surface area contributed by atoms with Crippen LogP contribution >= 0.6 is 21.6 Å². The Balaban J connectivity index is 3.66. The molecule has 0 rings (SSSR count). The van der Waals surface area contributed by atoms with Gasteiger partial charge in [-0.2, -0.15) is 0 Å². The Labute approximate surface area is 225 Å². The van der Waals surface area contributed by atoms with Gasteiger partial charge in [-0.15, -0.1) is 5.92 Å². The van der Waals surface area contributed by atoms with E-state index in [-0.39, 0.29) is 16.2 Å². The van der Waals surface area contributed by atoms with Crippen molar-refractivity contribution in [1.82, 2.24) is 21.3 Å². The molecule has 12 heteroatoms. The summed E-state index contributed by atoms with van der Waals surface area (Å²) in [5.74, 6) is 5.50. The smallest absolute Gasteiger partial charge is 0.407 e. The lowest BCUT2D eigenvalue weighted by molar-refractivity contribution is 0.0497. The second-order valence-electron chi connectivity index (χ2n) is 8.26. The van der Waals surface area contributed by atoms with Crippen LogP contribution in [0.25, 0.3) is 0 Å². The summed E-state index contributed by atoms with van der Waals surface area (Å²) >= 11 is 0. The third kappa shape index (κ3) is 24.3. The highest BCUT2D eigenvalue weighted by atomic mass is 33.1. The number of likely N-dealkylation sites (N-methyl/N-ethyl adjacent to an activating group) is 1. The van der Waals surface area contributed by atoms with E-state index in [0.717, 1.165) is 25.8 Å². The Morgan fingerprint density at radius 1 is 0.917 bits per heavy atom.